The van der Waals surface area contributed by atoms with E-state index in [0.717, 1.165) is 5.56 Å². The Kier molecular flexibility index (Phi) is 3.17. The summed E-state index contributed by atoms with van der Waals surface area (Å²) < 4.78 is 32.6. The normalized spacial score (nSPS) is 11.7. The Morgan fingerprint density at radius 3 is 2.48 bits per heavy atom. The average molecular weight is 302 g/mol. The van der Waals surface area contributed by atoms with Crippen LogP contribution in [0.25, 0.3) is 11.1 Å². The van der Waals surface area contributed by atoms with E-state index in [2.05, 4.69) is 9.71 Å². The van der Waals surface area contributed by atoms with E-state index in [1.807, 2.05) is 19.1 Å². The molecule has 3 aromatic rings. The van der Waals surface area contributed by atoms with E-state index < -0.39 is 10.0 Å². The lowest BCUT2D eigenvalue weighted by atomic mass is 10.2. The van der Waals surface area contributed by atoms with E-state index in [0.29, 0.717) is 22.7 Å². The molecule has 0 fully saturated rings. The van der Waals surface area contributed by atoms with Crippen LogP contribution in [-0.4, -0.2) is 13.4 Å². The van der Waals surface area contributed by atoms with Crippen LogP contribution in [0.3, 0.4) is 0 Å². The Hall–Kier alpha value is -2.34. The molecule has 0 saturated heterocycles. The maximum absolute atomic E-state index is 12.4. The van der Waals surface area contributed by atoms with Gasteiger partial charge in [-0.25, -0.2) is 13.4 Å². The van der Waals surface area contributed by atoms with Gasteiger partial charge in [-0.05, 0) is 37.3 Å². The lowest BCUT2D eigenvalue weighted by Crippen LogP contribution is -2.12. The molecule has 0 spiro atoms. The van der Waals surface area contributed by atoms with Crippen LogP contribution in [0, 0.1) is 13.8 Å². The van der Waals surface area contributed by atoms with E-state index in [9.17, 15) is 8.42 Å². The minimum Gasteiger partial charge on any atom is -0.441 e. The van der Waals surface area contributed by atoms with Crippen LogP contribution in [0.2, 0.25) is 0 Å². The van der Waals surface area contributed by atoms with Crippen molar-refractivity contribution in [3.63, 3.8) is 0 Å². The number of nitrogens with zero attached hydrogens (tertiary/aromatic N) is 1. The minimum atomic E-state index is -3.64. The number of sulfonamides is 1. The van der Waals surface area contributed by atoms with Crippen molar-refractivity contribution in [2.45, 2.75) is 18.7 Å². The number of aryl methyl sites for hydroxylation is 2. The van der Waals surface area contributed by atoms with E-state index in [-0.39, 0.29) is 4.90 Å². The highest BCUT2D eigenvalue weighted by Crippen LogP contribution is 2.22. The highest BCUT2D eigenvalue weighted by atomic mass is 32.2. The van der Waals surface area contributed by atoms with E-state index in [1.54, 1.807) is 25.1 Å². The molecule has 2 aromatic carbocycles. The monoisotopic (exact) mass is 302 g/mol. The van der Waals surface area contributed by atoms with Gasteiger partial charge >= 0.3 is 0 Å². The number of fused-ring (bicyclic) bond motifs is 1. The fourth-order valence-corrected chi connectivity index (χ4v) is 3.10. The summed E-state index contributed by atoms with van der Waals surface area (Å²) in [4.78, 5) is 4.30. The zero-order valence-electron chi connectivity index (χ0n) is 11.6. The molecule has 3 rings (SSSR count). The van der Waals surface area contributed by atoms with Gasteiger partial charge in [-0.2, -0.15) is 0 Å². The number of hydrogen-bond acceptors (Lipinski definition) is 4. The third-order valence-corrected chi connectivity index (χ3v) is 4.46. The molecule has 0 radical (unpaired) electrons. The molecular weight excluding hydrogens is 288 g/mol. The Balaban J connectivity index is 1.97. The van der Waals surface area contributed by atoms with E-state index in [4.69, 9.17) is 4.42 Å². The minimum absolute atomic E-state index is 0.156. The second kappa shape index (κ2) is 4.89. The maximum Gasteiger partial charge on any atom is 0.261 e. The van der Waals surface area contributed by atoms with Gasteiger partial charge in [-0.3, -0.25) is 4.72 Å². The van der Waals surface area contributed by atoms with Crippen molar-refractivity contribution in [2.24, 2.45) is 0 Å². The summed E-state index contributed by atoms with van der Waals surface area (Å²) in [6.45, 7) is 3.66. The van der Waals surface area contributed by atoms with Gasteiger partial charge in [0.1, 0.15) is 5.52 Å². The SMILES string of the molecule is Cc1ccc(NS(=O)(=O)c2ccc3oc(C)nc3c2)cc1. The van der Waals surface area contributed by atoms with Crippen LogP contribution in [0.15, 0.2) is 51.8 Å². The van der Waals surface area contributed by atoms with Crippen LogP contribution < -0.4 is 4.72 Å². The average Bonchev–Trinajstić information content (AvgIpc) is 2.80. The largest absolute Gasteiger partial charge is 0.441 e. The molecule has 6 heteroatoms. The maximum atomic E-state index is 12.4. The van der Waals surface area contributed by atoms with Gasteiger partial charge in [0.05, 0.1) is 4.90 Å². The molecule has 1 aromatic heterocycles. The lowest BCUT2D eigenvalue weighted by molar-refractivity contribution is 0.561. The number of benzene rings is 2. The third kappa shape index (κ3) is 2.75. The van der Waals surface area contributed by atoms with Crippen molar-refractivity contribution in [3.05, 3.63) is 53.9 Å². The number of hydrogen-bond donors (Lipinski definition) is 1. The molecule has 0 unspecified atom stereocenters. The van der Waals surface area contributed by atoms with Crippen molar-refractivity contribution < 1.29 is 12.8 Å². The second-order valence-corrected chi connectivity index (χ2v) is 6.52. The van der Waals surface area contributed by atoms with Crippen LogP contribution >= 0.6 is 0 Å². The zero-order valence-corrected chi connectivity index (χ0v) is 12.4. The molecule has 5 nitrogen and oxygen atoms in total. The summed E-state index contributed by atoms with van der Waals surface area (Å²) in [5, 5.41) is 0. The van der Waals surface area contributed by atoms with Crippen molar-refractivity contribution >= 4 is 26.8 Å². The fourth-order valence-electron chi connectivity index (χ4n) is 2.03. The summed E-state index contributed by atoms with van der Waals surface area (Å²) in [5.41, 5.74) is 2.69. The standard InChI is InChI=1S/C15H14N2O3S/c1-10-3-5-12(6-4-10)17-21(18,19)13-7-8-15-14(9-13)16-11(2)20-15/h3-9,17H,1-2H3. The Morgan fingerprint density at radius 2 is 1.76 bits per heavy atom. The predicted molar refractivity (Wildman–Crippen MR) is 80.7 cm³/mol. The van der Waals surface area contributed by atoms with Gasteiger partial charge < -0.3 is 4.42 Å². The highest BCUT2D eigenvalue weighted by Gasteiger charge is 2.16. The summed E-state index contributed by atoms with van der Waals surface area (Å²) in [6.07, 6.45) is 0. The topological polar surface area (TPSA) is 72.2 Å². The van der Waals surface area contributed by atoms with Crippen molar-refractivity contribution in [3.8, 4) is 0 Å². The lowest BCUT2D eigenvalue weighted by Gasteiger charge is -2.08. The van der Waals surface area contributed by atoms with Gasteiger partial charge in [-0.1, -0.05) is 17.7 Å². The summed E-state index contributed by atoms with van der Waals surface area (Å²) in [5.74, 6) is 0.506. The summed E-state index contributed by atoms with van der Waals surface area (Å²) in [6, 6.07) is 11.8. The Bertz CT molecular complexity index is 896. The number of anilines is 1. The highest BCUT2D eigenvalue weighted by molar-refractivity contribution is 7.92. The zero-order chi connectivity index (χ0) is 15.0. The molecule has 108 valence electrons. The predicted octanol–water partition coefficient (Wildman–Crippen LogP) is 3.25. The molecule has 0 aliphatic heterocycles. The first-order valence-corrected chi connectivity index (χ1v) is 7.89. The molecule has 1 N–H and O–H groups in total. The Morgan fingerprint density at radius 1 is 1.05 bits per heavy atom. The summed E-state index contributed by atoms with van der Waals surface area (Å²) in [7, 11) is -3.64. The van der Waals surface area contributed by atoms with Crippen LogP contribution in [0.1, 0.15) is 11.5 Å². The van der Waals surface area contributed by atoms with Crippen LogP contribution in [0.4, 0.5) is 5.69 Å². The molecule has 21 heavy (non-hydrogen) atoms. The van der Waals surface area contributed by atoms with Crippen molar-refractivity contribution in [1.29, 1.82) is 0 Å². The molecule has 0 atom stereocenters. The quantitative estimate of drug-likeness (QED) is 0.806. The second-order valence-electron chi connectivity index (χ2n) is 4.83. The van der Waals surface area contributed by atoms with E-state index >= 15 is 0 Å². The van der Waals surface area contributed by atoms with Gasteiger partial charge in [0.25, 0.3) is 10.0 Å². The smallest absolute Gasteiger partial charge is 0.261 e. The Labute approximate surface area is 122 Å². The van der Waals surface area contributed by atoms with Crippen molar-refractivity contribution in [1.82, 2.24) is 4.98 Å². The molecule has 0 amide bonds. The van der Waals surface area contributed by atoms with Crippen LogP contribution in [0.5, 0.6) is 0 Å². The first kappa shape index (κ1) is 13.6. The van der Waals surface area contributed by atoms with E-state index in [1.165, 1.54) is 12.1 Å². The first-order chi connectivity index (χ1) is 9.94. The number of oxazole rings is 1. The van der Waals surface area contributed by atoms with Crippen LogP contribution in [-0.2, 0) is 10.0 Å². The molecule has 1 heterocycles. The summed E-state index contributed by atoms with van der Waals surface area (Å²) >= 11 is 0. The number of nitrogens with one attached hydrogen (secondary N) is 1. The number of aromatic nitrogens is 1. The first-order valence-electron chi connectivity index (χ1n) is 6.41. The third-order valence-electron chi connectivity index (χ3n) is 3.08. The number of rotatable bonds is 3. The molecule has 0 aliphatic carbocycles. The molecule has 0 aliphatic rings. The molecular formula is C15H14N2O3S. The van der Waals surface area contributed by atoms with Gasteiger partial charge in [-0.15, -0.1) is 0 Å². The van der Waals surface area contributed by atoms with Gasteiger partial charge in [0, 0.05) is 12.6 Å². The van der Waals surface area contributed by atoms with Gasteiger partial charge in [0.15, 0.2) is 11.5 Å². The van der Waals surface area contributed by atoms with Gasteiger partial charge in [0.2, 0.25) is 0 Å². The van der Waals surface area contributed by atoms with Crippen molar-refractivity contribution in [2.75, 3.05) is 4.72 Å². The molecule has 0 saturated carbocycles. The molecule has 0 bridgehead atoms. The fraction of sp³-hybridized carbons (Fsp3) is 0.133.